The van der Waals surface area contributed by atoms with Crippen molar-refractivity contribution >= 4 is 12.6 Å². The van der Waals surface area contributed by atoms with Crippen LogP contribution in [0.5, 0.6) is 0 Å². The topological polar surface area (TPSA) is 32.3 Å². The largest absolute Gasteiger partial charge is 0.396 e. The molecule has 0 aliphatic carbocycles. The summed E-state index contributed by atoms with van der Waals surface area (Å²) in [6.45, 7) is 3.06. The van der Waals surface area contributed by atoms with Crippen molar-refractivity contribution in [3.63, 3.8) is 0 Å². The van der Waals surface area contributed by atoms with Crippen molar-refractivity contribution in [2.75, 3.05) is 13.2 Å². The van der Waals surface area contributed by atoms with Gasteiger partial charge in [-0.15, -0.1) is 0 Å². The molecule has 0 rings (SSSR count). The van der Waals surface area contributed by atoms with Gasteiger partial charge in [0.15, 0.2) is 0 Å². The molecule has 0 saturated heterocycles. The van der Waals surface area contributed by atoms with E-state index in [1.54, 1.807) is 0 Å². The SMILES string of the molecule is CC(S)NCCCO. The van der Waals surface area contributed by atoms with Crippen molar-refractivity contribution in [3.8, 4) is 0 Å². The molecule has 0 aromatic rings. The van der Waals surface area contributed by atoms with Crippen LogP contribution in [0.3, 0.4) is 0 Å². The van der Waals surface area contributed by atoms with Crippen molar-refractivity contribution in [3.05, 3.63) is 0 Å². The Labute approximate surface area is 55.7 Å². The lowest BCUT2D eigenvalue weighted by Gasteiger charge is -2.03. The lowest BCUT2D eigenvalue weighted by Crippen LogP contribution is -2.22. The lowest BCUT2D eigenvalue weighted by atomic mass is 10.4. The lowest BCUT2D eigenvalue weighted by molar-refractivity contribution is 0.286. The van der Waals surface area contributed by atoms with Crippen molar-refractivity contribution in [2.24, 2.45) is 0 Å². The van der Waals surface area contributed by atoms with Gasteiger partial charge >= 0.3 is 0 Å². The van der Waals surface area contributed by atoms with Crippen LogP contribution in [0, 0.1) is 0 Å². The Kier molecular flexibility index (Phi) is 5.59. The van der Waals surface area contributed by atoms with E-state index in [2.05, 4.69) is 17.9 Å². The van der Waals surface area contributed by atoms with Gasteiger partial charge in [-0.1, -0.05) is 0 Å². The Morgan fingerprint density at radius 1 is 1.75 bits per heavy atom. The van der Waals surface area contributed by atoms with Gasteiger partial charge in [-0.3, -0.25) is 0 Å². The molecular formula is C5H13NOS. The molecule has 0 aliphatic rings. The van der Waals surface area contributed by atoms with E-state index in [0.29, 0.717) is 0 Å². The molecule has 0 aliphatic heterocycles. The minimum absolute atomic E-state index is 0.238. The highest BCUT2D eigenvalue weighted by Crippen LogP contribution is 1.84. The maximum atomic E-state index is 8.31. The van der Waals surface area contributed by atoms with Gasteiger partial charge in [0, 0.05) is 12.0 Å². The number of thiol groups is 1. The van der Waals surface area contributed by atoms with E-state index in [-0.39, 0.29) is 12.0 Å². The number of hydrogen-bond acceptors (Lipinski definition) is 3. The summed E-state index contributed by atoms with van der Waals surface area (Å²) in [4.78, 5) is 0. The van der Waals surface area contributed by atoms with Crippen LogP contribution in [0.25, 0.3) is 0 Å². The maximum absolute atomic E-state index is 8.31. The number of rotatable bonds is 4. The first kappa shape index (κ1) is 8.27. The van der Waals surface area contributed by atoms with Gasteiger partial charge < -0.3 is 10.4 Å². The molecule has 2 N–H and O–H groups in total. The highest BCUT2D eigenvalue weighted by Gasteiger charge is 1.88. The summed E-state index contributed by atoms with van der Waals surface area (Å²) in [5, 5.41) is 11.6. The molecule has 0 bridgehead atoms. The monoisotopic (exact) mass is 135 g/mol. The van der Waals surface area contributed by atoms with Crippen LogP contribution < -0.4 is 5.32 Å². The van der Waals surface area contributed by atoms with Crippen LogP contribution >= 0.6 is 12.6 Å². The molecular weight excluding hydrogens is 122 g/mol. The van der Waals surface area contributed by atoms with Gasteiger partial charge in [-0.25, -0.2) is 0 Å². The fraction of sp³-hybridized carbons (Fsp3) is 1.00. The number of aliphatic hydroxyl groups is 1. The second kappa shape index (κ2) is 5.41. The molecule has 2 nitrogen and oxygen atoms in total. The van der Waals surface area contributed by atoms with Crippen molar-refractivity contribution in [1.29, 1.82) is 0 Å². The first-order valence-corrected chi connectivity index (χ1v) is 3.31. The Hall–Kier alpha value is 0.270. The fourth-order valence-electron chi connectivity index (χ4n) is 0.390. The summed E-state index contributed by atoms with van der Waals surface area (Å²) in [5.74, 6) is 0. The third kappa shape index (κ3) is 6.27. The number of nitrogens with one attached hydrogen (secondary N) is 1. The molecule has 8 heavy (non-hydrogen) atoms. The zero-order valence-electron chi connectivity index (χ0n) is 5.09. The van der Waals surface area contributed by atoms with Crippen molar-refractivity contribution in [2.45, 2.75) is 18.7 Å². The van der Waals surface area contributed by atoms with E-state index in [4.69, 9.17) is 5.11 Å². The van der Waals surface area contributed by atoms with Gasteiger partial charge in [0.1, 0.15) is 0 Å². The summed E-state index contributed by atoms with van der Waals surface area (Å²) in [7, 11) is 0. The average molecular weight is 135 g/mol. The van der Waals surface area contributed by atoms with Crippen LogP contribution in [0.15, 0.2) is 0 Å². The smallest absolute Gasteiger partial charge is 0.0473 e. The van der Waals surface area contributed by atoms with Crippen LogP contribution in [0.2, 0.25) is 0 Å². The molecule has 0 spiro atoms. The Morgan fingerprint density at radius 3 is 2.75 bits per heavy atom. The van der Waals surface area contributed by atoms with E-state index in [1.165, 1.54) is 0 Å². The van der Waals surface area contributed by atoms with Gasteiger partial charge in [-0.2, -0.15) is 12.6 Å². The van der Waals surface area contributed by atoms with Crippen LogP contribution in [0.1, 0.15) is 13.3 Å². The summed E-state index contributed by atoms with van der Waals surface area (Å²) >= 11 is 4.08. The van der Waals surface area contributed by atoms with Gasteiger partial charge in [0.2, 0.25) is 0 Å². The Bertz CT molecular complexity index is 49.7. The molecule has 0 radical (unpaired) electrons. The third-order valence-corrected chi connectivity index (χ3v) is 0.957. The molecule has 0 aromatic carbocycles. The van der Waals surface area contributed by atoms with Gasteiger partial charge in [0.05, 0.1) is 0 Å². The second-order valence-electron chi connectivity index (χ2n) is 1.71. The average Bonchev–Trinajstić information content (AvgIpc) is 1.66. The van der Waals surface area contributed by atoms with Crippen molar-refractivity contribution in [1.82, 2.24) is 5.32 Å². The molecule has 0 saturated carbocycles. The zero-order chi connectivity index (χ0) is 6.41. The fourth-order valence-corrected chi connectivity index (χ4v) is 0.519. The number of aliphatic hydroxyl groups excluding tert-OH is 1. The summed E-state index contributed by atoms with van der Waals surface area (Å²) in [6, 6.07) is 0. The highest BCUT2D eigenvalue weighted by molar-refractivity contribution is 7.80. The molecule has 0 amide bonds. The van der Waals surface area contributed by atoms with E-state index in [9.17, 15) is 0 Å². The predicted molar refractivity (Wildman–Crippen MR) is 38.2 cm³/mol. The summed E-state index contributed by atoms with van der Waals surface area (Å²) in [5.41, 5.74) is 0. The van der Waals surface area contributed by atoms with E-state index < -0.39 is 0 Å². The predicted octanol–water partition coefficient (Wildman–Crippen LogP) is 0.234. The van der Waals surface area contributed by atoms with Gasteiger partial charge in [0.25, 0.3) is 0 Å². The standard InChI is InChI=1S/C5H13NOS/c1-5(8)6-3-2-4-7/h5-8H,2-4H2,1H3. The molecule has 1 unspecified atom stereocenters. The van der Waals surface area contributed by atoms with Crippen LogP contribution in [-0.2, 0) is 0 Å². The quantitative estimate of drug-likeness (QED) is 0.293. The Balaban J connectivity index is 2.72. The van der Waals surface area contributed by atoms with E-state index in [1.807, 2.05) is 6.92 Å². The molecule has 0 fully saturated rings. The molecule has 1 atom stereocenters. The second-order valence-corrected chi connectivity index (χ2v) is 2.48. The normalized spacial score (nSPS) is 13.9. The zero-order valence-corrected chi connectivity index (χ0v) is 5.99. The molecule has 3 heteroatoms. The minimum Gasteiger partial charge on any atom is -0.396 e. The number of hydrogen-bond donors (Lipinski definition) is 3. The minimum atomic E-state index is 0.238. The first-order valence-electron chi connectivity index (χ1n) is 2.79. The van der Waals surface area contributed by atoms with Crippen molar-refractivity contribution < 1.29 is 5.11 Å². The van der Waals surface area contributed by atoms with Crippen LogP contribution in [0.4, 0.5) is 0 Å². The molecule has 0 heterocycles. The van der Waals surface area contributed by atoms with Crippen LogP contribution in [-0.4, -0.2) is 23.6 Å². The maximum Gasteiger partial charge on any atom is 0.0473 e. The summed E-state index contributed by atoms with van der Waals surface area (Å²) in [6.07, 6.45) is 0.810. The third-order valence-electron chi connectivity index (χ3n) is 0.775. The molecule has 0 aromatic heterocycles. The van der Waals surface area contributed by atoms with Gasteiger partial charge in [-0.05, 0) is 19.9 Å². The Morgan fingerprint density at radius 2 is 2.38 bits per heavy atom. The van der Waals surface area contributed by atoms with E-state index in [0.717, 1.165) is 13.0 Å². The first-order chi connectivity index (χ1) is 3.77. The van der Waals surface area contributed by atoms with E-state index >= 15 is 0 Å². The molecule has 50 valence electrons. The highest BCUT2D eigenvalue weighted by atomic mass is 32.1. The summed E-state index contributed by atoms with van der Waals surface area (Å²) < 4.78 is 0.